The van der Waals surface area contributed by atoms with Crippen LogP contribution in [0.15, 0.2) is 46.9 Å². The van der Waals surface area contributed by atoms with Crippen LogP contribution in [0.4, 0.5) is 13.2 Å². The van der Waals surface area contributed by atoms with Gasteiger partial charge in [0.15, 0.2) is 0 Å². The number of benzene rings is 2. The van der Waals surface area contributed by atoms with Crippen LogP contribution >= 0.6 is 0 Å². The minimum atomic E-state index is -0.771. The fraction of sp³-hybridized carbons (Fsp3) is 0.238. The molecule has 0 spiro atoms. The van der Waals surface area contributed by atoms with E-state index in [4.69, 9.17) is 4.42 Å². The van der Waals surface area contributed by atoms with Crippen molar-refractivity contribution in [3.8, 4) is 11.5 Å². The van der Waals surface area contributed by atoms with E-state index in [9.17, 15) is 18.0 Å². The molecule has 1 aliphatic heterocycles. The van der Waals surface area contributed by atoms with Crippen molar-refractivity contribution in [2.75, 3.05) is 13.1 Å². The van der Waals surface area contributed by atoms with Crippen LogP contribution in [0, 0.1) is 24.4 Å². The lowest BCUT2D eigenvalue weighted by Gasteiger charge is -2.34. The highest BCUT2D eigenvalue weighted by atomic mass is 19.1. The third-order valence-corrected chi connectivity index (χ3v) is 4.88. The molecule has 5 nitrogen and oxygen atoms in total. The lowest BCUT2D eigenvalue weighted by atomic mass is 10.0. The van der Waals surface area contributed by atoms with Gasteiger partial charge in [-0.15, -0.1) is 0 Å². The zero-order valence-electron chi connectivity index (χ0n) is 15.6. The number of carbonyl (C=O) groups excluding carboxylic acids is 1. The number of amides is 1. The summed E-state index contributed by atoms with van der Waals surface area (Å²) < 4.78 is 46.5. The fourth-order valence-corrected chi connectivity index (χ4v) is 3.47. The lowest BCUT2D eigenvalue weighted by molar-refractivity contribution is -0.129. The van der Waals surface area contributed by atoms with Crippen LogP contribution in [0.5, 0.6) is 0 Å². The standard InChI is InChI=1S/C21H18F3N3O2/c1-12-18(26-21(29-12)16-6-5-15(23)10-17(16)24)11-27-8-7-25-20(28)19(27)13-3-2-4-14(22)9-13/h2-6,9-10,19H,7-8,11H2,1H3,(H,25,28)/t19-/m0/s1. The zero-order chi connectivity index (χ0) is 20.5. The van der Waals surface area contributed by atoms with Crippen LogP contribution in [0.25, 0.3) is 11.5 Å². The van der Waals surface area contributed by atoms with E-state index in [1.165, 1.54) is 18.2 Å². The summed E-state index contributed by atoms with van der Waals surface area (Å²) in [6, 6.07) is 8.39. The van der Waals surface area contributed by atoms with E-state index < -0.39 is 23.5 Å². The molecule has 8 heteroatoms. The molecule has 3 aromatic rings. The highest BCUT2D eigenvalue weighted by Crippen LogP contribution is 2.29. The molecular formula is C21H18F3N3O2. The smallest absolute Gasteiger partial charge is 0.242 e. The second kappa shape index (κ2) is 7.71. The third-order valence-electron chi connectivity index (χ3n) is 4.88. The number of aromatic nitrogens is 1. The van der Waals surface area contributed by atoms with Crippen LogP contribution in [0.2, 0.25) is 0 Å². The van der Waals surface area contributed by atoms with Crippen molar-refractivity contribution in [3.63, 3.8) is 0 Å². The van der Waals surface area contributed by atoms with Gasteiger partial charge in [-0.3, -0.25) is 9.69 Å². The van der Waals surface area contributed by atoms with Crippen molar-refractivity contribution in [3.05, 3.63) is 76.9 Å². The Morgan fingerprint density at radius 3 is 2.72 bits per heavy atom. The van der Waals surface area contributed by atoms with E-state index in [0.717, 1.165) is 12.1 Å². The number of oxazole rings is 1. The molecule has 2 heterocycles. The molecule has 0 aliphatic carbocycles. The van der Waals surface area contributed by atoms with Crippen molar-refractivity contribution in [2.45, 2.75) is 19.5 Å². The lowest BCUT2D eigenvalue weighted by Crippen LogP contribution is -2.49. The number of nitrogens with one attached hydrogen (secondary N) is 1. The first kappa shape index (κ1) is 19.2. The molecule has 1 atom stereocenters. The van der Waals surface area contributed by atoms with Crippen molar-refractivity contribution in [1.82, 2.24) is 15.2 Å². The third kappa shape index (κ3) is 3.88. The normalized spacial score (nSPS) is 17.4. The van der Waals surface area contributed by atoms with E-state index in [1.54, 1.807) is 19.1 Å². The maximum atomic E-state index is 14.1. The second-order valence-corrected chi connectivity index (χ2v) is 6.87. The number of carbonyl (C=O) groups is 1. The largest absolute Gasteiger partial charge is 0.441 e. The Labute approximate surface area is 165 Å². The molecule has 1 fully saturated rings. The number of hydrogen-bond acceptors (Lipinski definition) is 4. The first-order valence-corrected chi connectivity index (χ1v) is 9.11. The molecule has 0 bridgehead atoms. The van der Waals surface area contributed by atoms with Crippen LogP contribution in [-0.2, 0) is 11.3 Å². The van der Waals surface area contributed by atoms with Crippen LogP contribution in [-0.4, -0.2) is 28.9 Å². The molecular weight excluding hydrogens is 383 g/mol. The van der Waals surface area contributed by atoms with Gasteiger partial charge in [0.25, 0.3) is 0 Å². The molecule has 0 saturated carbocycles. The average Bonchev–Trinajstić information content (AvgIpc) is 3.02. The predicted octanol–water partition coefficient (Wildman–Crippen LogP) is 3.74. The van der Waals surface area contributed by atoms with Crippen molar-refractivity contribution in [1.29, 1.82) is 0 Å². The van der Waals surface area contributed by atoms with Gasteiger partial charge in [0, 0.05) is 25.7 Å². The van der Waals surface area contributed by atoms with E-state index in [1.807, 2.05) is 4.90 Å². The minimum absolute atomic E-state index is 0.0405. The summed E-state index contributed by atoms with van der Waals surface area (Å²) in [5.41, 5.74) is 1.12. The molecule has 1 aliphatic rings. The number of rotatable bonds is 4. The molecule has 1 saturated heterocycles. The number of piperazine rings is 1. The van der Waals surface area contributed by atoms with Crippen LogP contribution < -0.4 is 5.32 Å². The van der Waals surface area contributed by atoms with Gasteiger partial charge in [0.1, 0.15) is 29.3 Å². The molecule has 0 unspecified atom stereocenters. The summed E-state index contributed by atoms with van der Waals surface area (Å²) in [6.07, 6.45) is 0. The average molecular weight is 401 g/mol. The summed E-state index contributed by atoms with van der Waals surface area (Å²) >= 11 is 0. The summed E-state index contributed by atoms with van der Waals surface area (Å²) in [6.45, 7) is 2.92. The SMILES string of the molecule is Cc1oc(-c2ccc(F)cc2F)nc1CN1CCNC(=O)[C@@H]1c1cccc(F)c1. The predicted molar refractivity (Wildman–Crippen MR) is 99.2 cm³/mol. The highest BCUT2D eigenvalue weighted by Gasteiger charge is 2.32. The maximum Gasteiger partial charge on any atom is 0.242 e. The fourth-order valence-electron chi connectivity index (χ4n) is 3.47. The molecule has 0 radical (unpaired) electrons. The molecule has 1 amide bonds. The van der Waals surface area contributed by atoms with Gasteiger partial charge in [0.05, 0.1) is 11.3 Å². The number of hydrogen-bond donors (Lipinski definition) is 1. The van der Waals surface area contributed by atoms with Crippen LogP contribution in [0.3, 0.4) is 0 Å². The molecule has 150 valence electrons. The Balaban J connectivity index is 1.64. The van der Waals surface area contributed by atoms with Crippen molar-refractivity contribution >= 4 is 5.91 Å². The molecule has 4 rings (SSSR count). The first-order valence-electron chi connectivity index (χ1n) is 9.11. The number of aryl methyl sites for hydroxylation is 1. The Kier molecular flexibility index (Phi) is 5.10. The van der Waals surface area contributed by atoms with Crippen molar-refractivity contribution in [2.24, 2.45) is 0 Å². The summed E-state index contributed by atoms with van der Waals surface area (Å²) in [4.78, 5) is 18.7. The van der Waals surface area contributed by atoms with Gasteiger partial charge >= 0.3 is 0 Å². The molecule has 1 aromatic heterocycles. The topological polar surface area (TPSA) is 58.4 Å². The summed E-state index contributed by atoms with van der Waals surface area (Å²) in [5, 5.41) is 2.79. The molecule has 2 aromatic carbocycles. The number of halogens is 3. The molecule has 29 heavy (non-hydrogen) atoms. The summed E-state index contributed by atoms with van der Waals surface area (Å²) in [5.74, 6) is -1.61. The van der Waals surface area contributed by atoms with Gasteiger partial charge < -0.3 is 9.73 Å². The van der Waals surface area contributed by atoms with E-state index in [-0.39, 0.29) is 23.9 Å². The maximum absolute atomic E-state index is 14.1. The van der Waals surface area contributed by atoms with Crippen LogP contribution in [0.1, 0.15) is 23.1 Å². The first-order chi connectivity index (χ1) is 13.9. The second-order valence-electron chi connectivity index (χ2n) is 6.87. The zero-order valence-corrected chi connectivity index (χ0v) is 15.6. The van der Waals surface area contributed by atoms with E-state index in [0.29, 0.717) is 30.1 Å². The van der Waals surface area contributed by atoms with Crippen molar-refractivity contribution < 1.29 is 22.4 Å². The summed E-state index contributed by atoms with van der Waals surface area (Å²) in [7, 11) is 0. The minimum Gasteiger partial charge on any atom is -0.441 e. The Bertz CT molecular complexity index is 1070. The van der Waals surface area contributed by atoms with E-state index >= 15 is 0 Å². The Morgan fingerprint density at radius 2 is 1.97 bits per heavy atom. The monoisotopic (exact) mass is 401 g/mol. The highest BCUT2D eigenvalue weighted by molar-refractivity contribution is 5.83. The van der Waals surface area contributed by atoms with Gasteiger partial charge in [-0.1, -0.05) is 12.1 Å². The van der Waals surface area contributed by atoms with Gasteiger partial charge in [-0.25, -0.2) is 18.2 Å². The van der Waals surface area contributed by atoms with Gasteiger partial charge in [-0.2, -0.15) is 0 Å². The quantitative estimate of drug-likeness (QED) is 0.724. The van der Waals surface area contributed by atoms with E-state index in [2.05, 4.69) is 10.3 Å². The molecule has 1 N–H and O–H groups in total. The number of nitrogens with zero attached hydrogens (tertiary/aromatic N) is 2. The Hall–Kier alpha value is -3.13. The van der Waals surface area contributed by atoms with Gasteiger partial charge in [0.2, 0.25) is 11.8 Å². The Morgan fingerprint density at radius 1 is 1.17 bits per heavy atom. The van der Waals surface area contributed by atoms with Gasteiger partial charge in [-0.05, 0) is 36.8 Å².